The number of carboxylic acid groups (broad SMARTS) is 1. The average Bonchev–Trinajstić information content (AvgIpc) is 3.60. The number of rotatable bonds is 3. The first-order chi connectivity index (χ1) is 15.8. The third kappa shape index (κ3) is 4.75. The van der Waals surface area contributed by atoms with Gasteiger partial charge in [-0.3, -0.25) is 14.3 Å². The third-order valence-corrected chi connectivity index (χ3v) is 6.02. The molecule has 4 N–H and O–H groups in total. The molecule has 0 atom stereocenters. The molecule has 1 saturated carbocycles. The van der Waals surface area contributed by atoms with Gasteiger partial charge in [0.2, 0.25) is 0 Å². The molecule has 0 spiro atoms. The summed E-state index contributed by atoms with van der Waals surface area (Å²) in [4.78, 5) is 25.0. The molecule has 1 aromatic heterocycles. The Bertz CT molecular complexity index is 1210. The summed E-state index contributed by atoms with van der Waals surface area (Å²) in [5.74, 6) is 0.261. The standard InChI is InChI=1S/C21H23N5O.C4H6O2/c1-13-4-7-19-18(8-13)24-20-17(11-23-25(20)3)12-26(19)21(27)15-5-6-16(10-22)14(2)9-15;5-4(6)3-1-2-3/h4-9,11,24H,10,12,22H2,1-3H3;3H,1-2H2,(H,5,6). The van der Waals surface area contributed by atoms with Crippen LogP contribution in [0.25, 0.3) is 0 Å². The van der Waals surface area contributed by atoms with Gasteiger partial charge in [0.25, 0.3) is 5.91 Å². The number of hydrogen-bond donors (Lipinski definition) is 3. The fourth-order valence-corrected chi connectivity index (χ4v) is 3.85. The second kappa shape index (κ2) is 9.07. The Morgan fingerprint density at radius 2 is 1.94 bits per heavy atom. The summed E-state index contributed by atoms with van der Waals surface area (Å²) in [6, 6.07) is 11.8. The summed E-state index contributed by atoms with van der Waals surface area (Å²) in [7, 11) is 1.90. The lowest BCUT2D eigenvalue weighted by Crippen LogP contribution is -2.30. The molecule has 2 heterocycles. The van der Waals surface area contributed by atoms with Crippen molar-refractivity contribution < 1.29 is 14.7 Å². The van der Waals surface area contributed by atoms with Crippen LogP contribution < -0.4 is 16.0 Å². The number of hydrogen-bond acceptors (Lipinski definition) is 5. The van der Waals surface area contributed by atoms with Crippen molar-refractivity contribution in [3.8, 4) is 0 Å². The van der Waals surface area contributed by atoms with Gasteiger partial charge in [-0.25, -0.2) is 0 Å². The summed E-state index contributed by atoms with van der Waals surface area (Å²) >= 11 is 0. The number of anilines is 3. The van der Waals surface area contributed by atoms with Crippen LogP contribution in [0.15, 0.2) is 42.6 Å². The highest BCUT2D eigenvalue weighted by molar-refractivity contribution is 6.08. The van der Waals surface area contributed by atoms with Gasteiger partial charge in [0.15, 0.2) is 0 Å². The van der Waals surface area contributed by atoms with E-state index in [1.54, 1.807) is 4.68 Å². The lowest BCUT2D eigenvalue weighted by molar-refractivity contribution is -0.138. The first-order valence-corrected chi connectivity index (χ1v) is 11.0. The van der Waals surface area contributed by atoms with E-state index in [1.807, 2.05) is 62.3 Å². The zero-order chi connectivity index (χ0) is 23.7. The Hall–Kier alpha value is -3.65. The zero-order valence-corrected chi connectivity index (χ0v) is 19.1. The molecule has 2 aliphatic rings. The molecule has 0 bridgehead atoms. The normalized spacial score (nSPS) is 14.2. The van der Waals surface area contributed by atoms with Crippen molar-refractivity contribution in [2.24, 2.45) is 18.7 Å². The smallest absolute Gasteiger partial charge is 0.306 e. The number of nitrogens with zero attached hydrogens (tertiary/aromatic N) is 3. The second-order valence-corrected chi connectivity index (χ2v) is 8.64. The number of carbonyl (C=O) groups excluding carboxylic acids is 1. The monoisotopic (exact) mass is 447 g/mol. The van der Waals surface area contributed by atoms with Crippen LogP contribution in [0.5, 0.6) is 0 Å². The highest BCUT2D eigenvalue weighted by Crippen LogP contribution is 2.37. The fourth-order valence-electron chi connectivity index (χ4n) is 3.85. The average molecular weight is 448 g/mol. The van der Waals surface area contributed by atoms with Gasteiger partial charge in [-0.1, -0.05) is 12.1 Å². The molecule has 8 nitrogen and oxygen atoms in total. The lowest BCUT2D eigenvalue weighted by atomic mass is 10.0. The van der Waals surface area contributed by atoms with Crippen LogP contribution in [-0.2, 0) is 24.9 Å². The molecule has 2 aromatic carbocycles. The van der Waals surface area contributed by atoms with E-state index >= 15 is 0 Å². The minimum absolute atomic E-state index is 0.0185. The summed E-state index contributed by atoms with van der Waals surface area (Å²) in [5, 5.41) is 15.8. The van der Waals surface area contributed by atoms with Crippen molar-refractivity contribution in [3.63, 3.8) is 0 Å². The molecule has 0 saturated heterocycles. The van der Waals surface area contributed by atoms with Crippen LogP contribution in [-0.4, -0.2) is 26.8 Å². The predicted molar refractivity (Wildman–Crippen MR) is 128 cm³/mol. The van der Waals surface area contributed by atoms with Crippen molar-refractivity contribution >= 4 is 29.1 Å². The maximum Gasteiger partial charge on any atom is 0.306 e. The van der Waals surface area contributed by atoms with E-state index in [-0.39, 0.29) is 11.8 Å². The predicted octanol–water partition coefficient (Wildman–Crippen LogP) is 3.88. The maximum atomic E-state index is 13.4. The van der Waals surface area contributed by atoms with E-state index < -0.39 is 5.97 Å². The van der Waals surface area contributed by atoms with Gasteiger partial charge in [0.05, 0.1) is 30.0 Å². The minimum Gasteiger partial charge on any atom is -0.481 e. The van der Waals surface area contributed by atoms with Crippen molar-refractivity contribution in [2.75, 3.05) is 10.2 Å². The Labute approximate surface area is 193 Å². The molecular formula is C25H29N5O3. The third-order valence-electron chi connectivity index (χ3n) is 6.02. The summed E-state index contributed by atoms with van der Waals surface area (Å²) in [6.45, 7) is 4.95. The number of amides is 1. The van der Waals surface area contributed by atoms with Crippen molar-refractivity contribution in [1.29, 1.82) is 0 Å². The van der Waals surface area contributed by atoms with Crippen molar-refractivity contribution in [3.05, 3.63) is 70.4 Å². The van der Waals surface area contributed by atoms with Gasteiger partial charge >= 0.3 is 5.97 Å². The van der Waals surface area contributed by atoms with E-state index in [4.69, 9.17) is 10.8 Å². The quantitative estimate of drug-likeness (QED) is 0.562. The number of carboxylic acids is 1. The molecule has 0 unspecified atom stereocenters. The van der Waals surface area contributed by atoms with Gasteiger partial charge in [0.1, 0.15) is 5.82 Å². The highest BCUT2D eigenvalue weighted by Gasteiger charge is 2.29. The number of aromatic nitrogens is 2. The van der Waals surface area contributed by atoms with Gasteiger partial charge in [-0.2, -0.15) is 5.10 Å². The molecule has 3 aromatic rings. The number of nitrogens with one attached hydrogen (secondary N) is 1. The van der Waals surface area contributed by atoms with Gasteiger partial charge in [-0.05, 0) is 67.6 Å². The lowest BCUT2D eigenvalue weighted by Gasteiger charge is -2.23. The second-order valence-electron chi connectivity index (χ2n) is 8.64. The Kier molecular flexibility index (Phi) is 6.20. The molecule has 1 amide bonds. The van der Waals surface area contributed by atoms with Crippen LogP contribution in [0, 0.1) is 19.8 Å². The first-order valence-electron chi connectivity index (χ1n) is 11.0. The molecule has 8 heteroatoms. The largest absolute Gasteiger partial charge is 0.481 e. The number of carbonyl (C=O) groups is 2. The van der Waals surface area contributed by atoms with Crippen LogP contribution >= 0.6 is 0 Å². The highest BCUT2D eigenvalue weighted by atomic mass is 16.4. The topological polar surface area (TPSA) is 113 Å². The maximum absolute atomic E-state index is 13.4. The molecule has 5 rings (SSSR count). The van der Waals surface area contributed by atoms with E-state index in [2.05, 4.69) is 16.5 Å². The number of nitrogens with two attached hydrogens (primary N) is 1. The fraction of sp³-hybridized carbons (Fsp3) is 0.320. The summed E-state index contributed by atoms with van der Waals surface area (Å²) < 4.78 is 1.80. The Morgan fingerprint density at radius 1 is 1.18 bits per heavy atom. The molecule has 0 radical (unpaired) electrons. The van der Waals surface area contributed by atoms with Crippen LogP contribution in [0.4, 0.5) is 17.2 Å². The van der Waals surface area contributed by atoms with E-state index in [1.165, 1.54) is 0 Å². The summed E-state index contributed by atoms with van der Waals surface area (Å²) in [6.07, 6.45) is 3.61. The van der Waals surface area contributed by atoms with Crippen molar-refractivity contribution in [1.82, 2.24) is 9.78 Å². The van der Waals surface area contributed by atoms with Crippen LogP contribution in [0.1, 0.15) is 45.5 Å². The van der Waals surface area contributed by atoms with E-state index in [9.17, 15) is 9.59 Å². The first kappa shape index (κ1) is 22.5. The SMILES string of the molecule is Cc1ccc2c(c1)Nc1c(cnn1C)CN2C(=O)c1ccc(CN)c(C)c1.O=C(O)C1CC1. The number of benzene rings is 2. The van der Waals surface area contributed by atoms with Crippen LogP contribution in [0.2, 0.25) is 0 Å². The van der Waals surface area contributed by atoms with Crippen LogP contribution in [0.3, 0.4) is 0 Å². The van der Waals surface area contributed by atoms with Gasteiger partial charge in [-0.15, -0.1) is 0 Å². The zero-order valence-electron chi connectivity index (χ0n) is 19.1. The molecule has 1 fully saturated rings. The molecule has 1 aliphatic carbocycles. The molecular weight excluding hydrogens is 418 g/mol. The summed E-state index contributed by atoms with van der Waals surface area (Å²) in [5.41, 5.74) is 12.4. The molecule has 33 heavy (non-hydrogen) atoms. The Balaban J connectivity index is 0.000000376. The molecule has 1 aliphatic heterocycles. The molecule has 172 valence electrons. The van der Waals surface area contributed by atoms with E-state index in [0.29, 0.717) is 18.7 Å². The van der Waals surface area contributed by atoms with Gasteiger partial charge < -0.3 is 21.1 Å². The van der Waals surface area contributed by atoms with Crippen molar-refractivity contribution in [2.45, 2.75) is 39.8 Å². The number of aryl methyl sites for hydroxylation is 3. The van der Waals surface area contributed by atoms with Gasteiger partial charge in [0, 0.05) is 24.7 Å². The number of aliphatic carboxylic acids is 1. The minimum atomic E-state index is -0.630. The number of fused-ring (bicyclic) bond motifs is 2. The van der Waals surface area contributed by atoms with E-state index in [0.717, 1.165) is 52.3 Å². The Morgan fingerprint density at radius 3 is 2.55 bits per heavy atom.